The Morgan fingerprint density at radius 3 is 2.95 bits per heavy atom. The summed E-state index contributed by atoms with van der Waals surface area (Å²) in [6.45, 7) is 3.83. The van der Waals surface area contributed by atoms with Gasteiger partial charge in [-0.2, -0.15) is 12.6 Å². The Kier molecular flexibility index (Phi) is 3.11. The van der Waals surface area contributed by atoms with E-state index in [-0.39, 0.29) is 11.4 Å². The van der Waals surface area contributed by atoms with Crippen molar-refractivity contribution in [2.75, 3.05) is 5.73 Å². The summed E-state index contributed by atoms with van der Waals surface area (Å²) >= 11 is 4.52. The fourth-order valence-electron chi connectivity index (χ4n) is 2.67. The third kappa shape index (κ3) is 1.72. The number of rotatable bonds is 2. The van der Waals surface area contributed by atoms with Gasteiger partial charge in [-0.3, -0.25) is 4.57 Å². The number of imidazole rings is 1. The Morgan fingerprint density at radius 2 is 2.30 bits per heavy atom. The molecule has 1 aliphatic rings. The number of aliphatic hydroxyl groups is 1. The molecule has 1 saturated heterocycles. The van der Waals surface area contributed by atoms with Crippen molar-refractivity contribution in [3.8, 4) is 0 Å². The minimum absolute atomic E-state index is 0.265. The van der Waals surface area contributed by atoms with E-state index in [0.717, 1.165) is 0 Å². The molecule has 2 aromatic rings. The average Bonchev–Trinajstić information content (AvgIpc) is 2.96. The minimum atomic E-state index is -0.835. The third-order valence-corrected chi connectivity index (χ3v) is 4.67. The van der Waals surface area contributed by atoms with Crippen LogP contribution in [0.5, 0.6) is 0 Å². The second-order valence-corrected chi connectivity index (χ2v) is 5.66. The van der Waals surface area contributed by atoms with E-state index in [1.807, 2.05) is 13.8 Å². The summed E-state index contributed by atoms with van der Waals surface area (Å²) in [7, 11) is 0. The quantitative estimate of drug-likeness (QED) is 0.700. The number of thiol groups is 1. The molecule has 7 nitrogen and oxygen atoms in total. The van der Waals surface area contributed by atoms with Crippen LogP contribution >= 0.6 is 12.6 Å². The molecule has 0 unspecified atom stereocenters. The molecule has 0 amide bonds. The van der Waals surface area contributed by atoms with Crippen LogP contribution in [0.4, 0.5) is 5.82 Å². The highest BCUT2D eigenvalue weighted by Crippen LogP contribution is 2.41. The normalized spacial score (nSPS) is 33.9. The predicted octanol–water partition coefficient (Wildman–Crippen LogP) is 0.549. The zero-order valence-electron chi connectivity index (χ0n) is 11.3. The lowest BCUT2D eigenvalue weighted by molar-refractivity contribution is -0.0874. The lowest BCUT2D eigenvalue weighted by Gasteiger charge is -2.29. The van der Waals surface area contributed by atoms with Crippen LogP contribution in [0.25, 0.3) is 11.2 Å². The van der Waals surface area contributed by atoms with Gasteiger partial charge >= 0.3 is 0 Å². The van der Waals surface area contributed by atoms with Crippen molar-refractivity contribution < 1.29 is 9.84 Å². The molecule has 0 radical (unpaired) electrons. The second kappa shape index (κ2) is 4.57. The van der Waals surface area contributed by atoms with Gasteiger partial charge in [-0.1, -0.05) is 6.92 Å². The topological polar surface area (TPSA) is 99.1 Å². The summed E-state index contributed by atoms with van der Waals surface area (Å²) < 4.78 is 7.77. The summed E-state index contributed by atoms with van der Waals surface area (Å²) in [6, 6.07) is 0. The number of ether oxygens (including phenoxy) is 1. The first-order chi connectivity index (χ1) is 9.49. The van der Waals surface area contributed by atoms with Gasteiger partial charge in [0.25, 0.3) is 0 Å². The van der Waals surface area contributed by atoms with Gasteiger partial charge in [-0.05, 0) is 13.3 Å². The Labute approximate surface area is 121 Å². The van der Waals surface area contributed by atoms with Gasteiger partial charge in [0.15, 0.2) is 17.2 Å². The van der Waals surface area contributed by atoms with Crippen molar-refractivity contribution in [2.24, 2.45) is 0 Å². The summed E-state index contributed by atoms with van der Waals surface area (Å²) in [5.41, 5.74) is 6.05. The summed E-state index contributed by atoms with van der Waals surface area (Å²) in [6.07, 6.45) is 2.78. The number of aliphatic hydroxyl groups excluding tert-OH is 1. The van der Waals surface area contributed by atoms with Crippen molar-refractivity contribution in [1.29, 1.82) is 0 Å². The van der Waals surface area contributed by atoms with Gasteiger partial charge in [0, 0.05) is 0 Å². The van der Waals surface area contributed by atoms with Crippen LogP contribution < -0.4 is 5.73 Å². The molecule has 1 aliphatic heterocycles. The van der Waals surface area contributed by atoms with Crippen LogP contribution in [-0.2, 0) is 10.5 Å². The van der Waals surface area contributed by atoms with Crippen LogP contribution in [0.3, 0.4) is 0 Å². The van der Waals surface area contributed by atoms with Gasteiger partial charge in [0.2, 0.25) is 0 Å². The maximum atomic E-state index is 10.2. The molecular formula is C12H17N5O2S. The molecule has 3 heterocycles. The average molecular weight is 297 g/mol. The molecule has 4 atom stereocenters. The molecule has 0 bridgehead atoms. The summed E-state index contributed by atoms with van der Waals surface area (Å²) in [4.78, 5) is 12.4. The molecular weight excluding hydrogens is 280 g/mol. The molecule has 0 saturated carbocycles. The first-order valence-corrected chi connectivity index (χ1v) is 6.98. The maximum absolute atomic E-state index is 10.2. The first kappa shape index (κ1) is 13.6. The highest BCUT2D eigenvalue weighted by atomic mass is 32.1. The molecule has 0 spiro atoms. The lowest BCUT2D eigenvalue weighted by Crippen LogP contribution is -2.39. The van der Waals surface area contributed by atoms with Crippen molar-refractivity contribution in [1.82, 2.24) is 19.5 Å². The molecule has 1 fully saturated rings. The molecule has 3 N–H and O–H groups in total. The van der Waals surface area contributed by atoms with E-state index >= 15 is 0 Å². The fourth-order valence-corrected chi connectivity index (χ4v) is 3.05. The maximum Gasteiger partial charge on any atom is 0.167 e. The highest BCUT2D eigenvalue weighted by molar-refractivity contribution is 7.81. The van der Waals surface area contributed by atoms with Gasteiger partial charge in [-0.25, -0.2) is 15.0 Å². The lowest BCUT2D eigenvalue weighted by atomic mass is 10.1. The van der Waals surface area contributed by atoms with Gasteiger partial charge in [-0.15, -0.1) is 0 Å². The zero-order chi connectivity index (χ0) is 14.5. The SMILES string of the molecule is CC[C@H]1O[C@@]([14CH3])(n2cnc3c(N)ncnc32)[C@H](S)[C@@H]1O. The number of fused-ring (bicyclic) bond motifs is 1. The van der Waals surface area contributed by atoms with E-state index in [9.17, 15) is 5.11 Å². The van der Waals surface area contributed by atoms with Crippen LogP contribution in [0.2, 0.25) is 0 Å². The number of nitrogen functional groups attached to an aromatic ring is 1. The Morgan fingerprint density at radius 1 is 1.55 bits per heavy atom. The predicted molar refractivity (Wildman–Crippen MR) is 77.3 cm³/mol. The standard InChI is InChI=1S/C12H17N5O2S/c1-3-6-8(18)9(20)12(2,19-6)17-5-16-7-10(13)14-4-15-11(7)17/h4-6,8-9,18,20H,3H2,1-2H3,(H2,13,14,15)/t6-,8-,9-,12-/m1/s1/i2+2. The molecule has 108 valence electrons. The molecule has 20 heavy (non-hydrogen) atoms. The number of anilines is 1. The van der Waals surface area contributed by atoms with Crippen molar-refractivity contribution in [3.63, 3.8) is 0 Å². The number of nitrogens with zero attached hydrogens (tertiary/aromatic N) is 4. The van der Waals surface area contributed by atoms with Gasteiger partial charge in [0.1, 0.15) is 11.8 Å². The van der Waals surface area contributed by atoms with Crippen LogP contribution in [0.15, 0.2) is 12.7 Å². The molecule has 0 aliphatic carbocycles. The molecule has 2 aromatic heterocycles. The summed E-state index contributed by atoms with van der Waals surface area (Å²) in [5.74, 6) is 0.318. The number of aromatic nitrogens is 4. The number of hydrogen-bond donors (Lipinski definition) is 3. The van der Waals surface area contributed by atoms with Crippen LogP contribution in [0, 0.1) is 0 Å². The van der Waals surface area contributed by atoms with Crippen LogP contribution in [0.1, 0.15) is 20.3 Å². The minimum Gasteiger partial charge on any atom is -0.389 e. The smallest absolute Gasteiger partial charge is 0.167 e. The van der Waals surface area contributed by atoms with E-state index in [4.69, 9.17) is 10.5 Å². The van der Waals surface area contributed by atoms with E-state index in [1.165, 1.54) is 6.33 Å². The third-order valence-electron chi connectivity index (χ3n) is 3.89. The summed E-state index contributed by atoms with van der Waals surface area (Å²) in [5, 5.41) is 9.84. The Bertz CT molecular complexity index is 648. The van der Waals surface area contributed by atoms with Gasteiger partial charge in [0.05, 0.1) is 23.8 Å². The Balaban J connectivity index is 2.13. The van der Waals surface area contributed by atoms with Crippen molar-refractivity contribution in [2.45, 2.75) is 43.5 Å². The fraction of sp³-hybridized carbons (Fsp3) is 0.583. The van der Waals surface area contributed by atoms with Gasteiger partial charge < -0.3 is 15.6 Å². The number of hydrogen-bond acceptors (Lipinski definition) is 7. The van der Waals surface area contributed by atoms with E-state index in [0.29, 0.717) is 23.4 Å². The molecule has 0 aromatic carbocycles. The first-order valence-electron chi connectivity index (χ1n) is 6.47. The van der Waals surface area contributed by atoms with E-state index in [1.54, 1.807) is 10.9 Å². The van der Waals surface area contributed by atoms with Crippen molar-refractivity contribution in [3.05, 3.63) is 12.7 Å². The molecule has 3 rings (SSSR count). The van der Waals surface area contributed by atoms with E-state index in [2.05, 4.69) is 27.6 Å². The largest absolute Gasteiger partial charge is 0.389 e. The molecule has 8 heteroatoms. The van der Waals surface area contributed by atoms with Crippen molar-refractivity contribution >= 4 is 29.6 Å². The zero-order valence-corrected chi connectivity index (χ0v) is 12.2. The number of nitrogens with two attached hydrogens (primary N) is 1. The second-order valence-electron chi connectivity index (χ2n) is 5.10. The Hall–Kier alpha value is -1.38. The monoisotopic (exact) mass is 297 g/mol. The van der Waals surface area contributed by atoms with Crippen LogP contribution in [-0.4, -0.2) is 42.1 Å². The van der Waals surface area contributed by atoms with E-state index < -0.39 is 11.8 Å². The highest BCUT2D eigenvalue weighted by Gasteiger charge is 2.51.